The molecule has 3 saturated carbocycles. The average Bonchev–Trinajstić information content (AvgIpc) is 3.72. The van der Waals surface area contributed by atoms with Crippen molar-refractivity contribution in [2.45, 2.75) is 89.6 Å². The van der Waals surface area contributed by atoms with Crippen LogP contribution < -0.4 is 30.3 Å². The molecule has 4 aromatic carbocycles. The standard InChI is InChI=1S/C53H57Cl2N6O10P/c1-29(2)46(58-41(62)16-6-5-11-19-59-42(63)17-18-43(59)64)48(66)56-30(3)47(65)57-37-20-38-44(35-14-9-7-12-33(35)37)31(22-54)24-60(38)49(67)51-26-52(28-53(51,52)27-51)50(68)61-25-32(23-55)45-36-15-10-8-13-34(36)40(21-39(45)61)71-72(4,69)70/h7-10,12-15,17-18,20-21,29-32,46H,5-6,11,16,19,22-28H2,1-4H3,(H,56,66)(H,57,65)(H,58,62)(H,69,70). The number of carbonyl (C=O) groups is 7. The highest BCUT2D eigenvalue weighted by atomic mass is 35.5. The van der Waals surface area contributed by atoms with Gasteiger partial charge in [-0.25, -0.2) is 4.57 Å². The normalized spacial score (nSPS) is 25.8. The number of carbonyl (C=O) groups excluding carboxylic acids is 7. The average molecular weight is 1040 g/mol. The third-order valence-corrected chi connectivity index (χ3v) is 17.4. The number of amides is 7. The molecule has 0 aromatic heterocycles. The summed E-state index contributed by atoms with van der Waals surface area (Å²) in [6.07, 6.45) is 5.74. The van der Waals surface area contributed by atoms with Crippen LogP contribution in [0.15, 0.2) is 72.8 Å². The van der Waals surface area contributed by atoms with E-state index in [0.29, 0.717) is 74.1 Å². The minimum atomic E-state index is -3.96. The van der Waals surface area contributed by atoms with E-state index in [-0.39, 0.29) is 77.8 Å². The summed E-state index contributed by atoms with van der Waals surface area (Å²) in [4.78, 5) is 109. The van der Waals surface area contributed by atoms with Gasteiger partial charge in [0.2, 0.25) is 29.5 Å². The molecule has 0 bridgehead atoms. The zero-order valence-electron chi connectivity index (χ0n) is 40.5. The Balaban J connectivity index is 0.826. The van der Waals surface area contributed by atoms with E-state index in [4.69, 9.17) is 27.7 Å². The Labute approximate surface area is 426 Å². The van der Waals surface area contributed by atoms with Gasteiger partial charge in [-0.3, -0.25) is 38.5 Å². The smallest absolute Gasteiger partial charge is 0.373 e. The summed E-state index contributed by atoms with van der Waals surface area (Å²) in [5.74, 6) is -2.23. The summed E-state index contributed by atoms with van der Waals surface area (Å²) in [5, 5.41) is 11.6. The number of halogens is 2. The van der Waals surface area contributed by atoms with Gasteiger partial charge in [-0.2, -0.15) is 0 Å². The van der Waals surface area contributed by atoms with Crippen LogP contribution in [0.2, 0.25) is 0 Å². The minimum Gasteiger partial charge on any atom is -0.424 e. The number of nitrogens with zero attached hydrogens (tertiary/aromatic N) is 3. The fraction of sp³-hybridized carbons (Fsp3) is 0.453. The second-order valence-electron chi connectivity index (χ2n) is 20.9. The molecule has 16 nitrogen and oxygen atoms in total. The van der Waals surface area contributed by atoms with Gasteiger partial charge in [-0.1, -0.05) is 68.8 Å². The molecule has 3 aliphatic heterocycles. The summed E-state index contributed by atoms with van der Waals surface area (Å²) in [6, 6.07) is 16.5. The highest BCUT2D eigenvalue weighted by molar-refractivity contribution is 7.52. The number of anilines is 3. The number of unbranched alkanes of at least 4 members (excludes halogenated alkanes) is 2. The van der Waals surface area contributed by atoms with E-state index in [1.54, 1.807) is 42.7 Å². The molecule has 19 heteroatoms. The van der Waals surface area contributed by atoms with Gasteiger partial charge < -0.3 is 35.2 Å². The van der Waals surface area contributed by atoms with Crippen molar-refractivity contribution in [2.24, 2.45) is 22.2 Å². The van der Waals surface area contributed by atoms with Gasteiger partial charge in [-0.15, -0.1) is 23.2 Å². The molecule has 0 radical (unpaired) electrons. The molecule has 4 aromatic rings. The van der Waals surface area contributed by atoms with Crippen molar-refractivity contribution in [2.75, 3.05) is 53.2 Å². The van der Waals surface area contributed by atoms with Crippen LogP contribution in [0.25, 0.3) is 21.5 Å². The predicted molar refractivity (Wildman–Crippen MR) is 274 cm³/mol. The van der Waals surface area contributed by atoms with Crippen LogP contribution in [0.3, 0.4) is 0 Å². The van der Waals surface area contributed by atoms with Crippen LogP contribution in [-0.2, 0) is 38.1 Å². The number of hydrogen-bond donors (Lipinski definition) is 4. The third-order valence-electron chi connectivity index (χ3n) is 16.1. The van der Waals surface area contributed by atoms with Crippen molar-refractivity contribution >= 4 is 111 Å². The van der Waals surface area contributed by atoms with Crippen LogP contribution in [0.1, 0.15) is 88.7 Å². The highest BCUT2D eigenvalue weighted by Gasteiger charge is 3.01. The molecular weight excluding hydrogens is 982 g/mol. The van der Waals surface area contributed by atoms with Crippen molar-refractivity contribution in [3.63, 3.8) is 0 Å². The Hall–Kier alpha value is -5.80. The SMILES string of the molecule is CC(NC(=O)C(NC(=O)CCCCCN1C(=O)C=CC1=O)C(C)C)C(=O)Nc1cc2c(c3ccccc13)C(CCl)CN2C(=O)C12CC3(C(=O)N4CC(CCl)c5c4cc(OP(C)(=O)O)c4ccccc54)CC13C2. The number of benzene rings is 4. The number of imide groups is 1. The highest BCUT2D eigenvalue weighted by Crippen LogP contribution is 3.01. The number of nitrogens with one attached hydrogen (secondary N) is 3. The molecule has 72 heavy (non-hydrogen) atoms. The molecule has 0 saturated heterocycles. The fourth-order valence-electron chi connectivity index (χ4n) is 12.5. The van der Waals surface area contributed by atoms with Gasteiger partial charge in [0, 0.05) is 96.4 Å². The van der Waals surface area contributed by atoms with Crippen molar-refractivity contribution in [3.8, 4) is 5.75 Å². The maximum atomic E-state index is 15.1. The molecule has 378 valence electrons. The molecule has 8 unspecified atom stereocenters. The Morgan fingerprint density at radius 1 is 0.750 bits per heavy atom. The molecule has 3 heterocycles. The van der Waals surface area contributed by atoms with Crippen LogP contribution in [0.4, 0.5) is 17.1 Å². The van der Waals surface area contributed by atoms with Gasteiger partial charge in [-0.05, 0) is 72.9 Å². The van der Waals surface area contributed by atoms with E-state index in [0.717, 1.165) is 38.9 Å². The van der Waals surface area contributed by atoms with E-state index in [9.17, 15) is 38.2 Å². The molecule has 3 fully saturated rings. The van der Waals surface area contributed by atoms with Crippen LogP contribution >= 0.6 is 30.8 Å². The van der Waals surface area contributed by atoms with Crippen molar-refractivity contribution < 1.29 is 47.5 Å². The second kappa shape index (κ2) is 18.3. The summed E-state index contributed by atoms with van der Waals surface area (Å²) < 4.78 is 18.1. The quantitative estimate of drug-likeness (QED) is 0.0334. The zero-order chi connectivity index (χ0) is 51.2. The minimum absolute atomic E-state index is 0.0800. The second-order valence-corrected chi connectivity index (χ2v) is 23.3. The molecule has 10 rings (SSSR count). The van der Waals surface area contributed by atoms with Crippen molar-refractivity contribution in [1.29, 1.82) is 0 Å². The van der Waals surface area contributed by atoms with Crippen LogP contribution in [0, 0.1) is 22.2 Å². The van der Waals surface area contributed by atoms with E-state index in [1.165, 1.54) is 12.2 Å². The first-order chi connectivity index (χ1) is 34.3. The van der Waals surface area contributed by atoms with E-state index >= 15 is 4.79 Å². The molecule has 6 aliphatic rings. The Bertz CT molecular complexity index is 3090. The van der Waals surface area contributed by atoms with Crippen molar-refractivity contribution in [1.82, 2.24) is 15.5 Å². The first-order valence-electron chi connectivity index (χ1n) is 24.6. The Kier molecular flexibility index (Phi) is 12.6. The summed E-state index contributed by atoms with van der Waals surface area (Å²) >= 11 is 13.2. The molecule has 4 N–H and O–H groups in total. The Morgan fingerprint density at radius 3 is 1.83 bits per heavy atom. The number of alkyl halides is 2. The largest absolute Gasteiger partial charge is 0.424 e. The van der Waals surface area contributed by atoms with Crippen LogP contribution in [0.5, 0.6) is 5.75 Å². The first-order valence-corrected chi connectivity index (χ1v) is 27.7. The van der Waals surface area contributed by atoms with E-state index in [1.807, 2.05) is 48.5 Å². The maximum Gasteiger partial charge on any atom is 0.373 e. The summed E-state index contributed by atoms with van der Waals surface area (Å²) in [5.41, 5.74) is 1.47. The van der Waals surface area contributed by atoms with Gasteiger partial charge >= 0.3 is 7.60 Å². The van der Waals surface area contributed by atoms with E-state index < -0.39 is 47.7 Å². The predicted octanol–water partition coefficient (Wildman–Crippen LogP) is 7.46. The maximum absolute atomic E-state index is 15.1. The topological polar surface area (TPSA) is 212 Å². The number of fused-ring (bicyclic) bond motifs is 6. The molecule has 7 amide bonds. The lowest BCUT2D eigenvalue weighted by atomic mass is 9.72. The first kappa shape index (κ1) is 49.8. The number of hydrogen-bond acceptors (Lipinski definition) is 9. The van der Waals surface area contributed by atoms with Gasteiger partial charge in [0.25, 0.3) is 11.8 Å². The summed E-state index contributed by atoms with van der Waals surface area (Å²) in [6.45, 7) is 7.19. The van der Waals surface area contributed by atoms with Gasteiger partial charge in [0.1, 0.15) is 17.8 Å². The lowest BCUT2D eigenvalue weighted by molar-refractivity contribution is -0.137. The molecular formula is C53H57Cl2N6O10P. The summed E-state index contributed by atoms with van der Waals surface area (Å²) in [7, 11) is -3.96. The lowest BCUT2D eigenvalue weighted by Crippen LogP contribution is -2.53. The third kappa shape index (κ3) is 8.08. The zero-order valence-corrected chi connectivity index (χ0v) is 42.9. The molecule has 8 atom stereocenters. The van der Waals surface area contributed by atoms with Gasteiger partial charge in [0.15, 0.2) is 0 Å². The molecule has 1 spiro atoms. The van der Waals surface area contributed by atoms with Crippen molar-refractivity contribution in [3.05, 3.63) is 83.9 Å². The van der Waals surface area contributed by atoms with Gasteiger partial charge in [0.05, 0.1) is 22.2 Å². The Morgan fingerprint density at radius 2 is 1.29 bits per heavy atom. The van der Waals surface area contributed by atoms with Crippen LogP contribution in [-0.4, -0.2) is 101 Å². The lowest BCUT2D eigenvalue weighted by Gasteiger charge is -2.37. The number of rotatable bonds is 18. The fourth-order valence-corrected chi connectivity index (χ4v) is 13.6. The monoisotopic (exact) mass is 1040 g/mol. The molecule has 3 aliphatic carbocycles. The van der Waals surface area contributed by atoms with E-state index in [2.05, 4.69) is 16.0 Å².